The third-order valence-corrected chi connectivity index (χ3v) is 4.50. The summed E-state index contributed by atoms with van der Waals surface area (Å²) in [6, 6.07) is 5.19. The van der Waals surface area contributed by atoms with Gasteiger partial charge in [-0.2, -0.15) is 0 Å². The fourth-order valence-electron chi connectivity index (χ4n) is 3.17. The molecular formula is C17H29N3. The Morgan fingerprint density at radius 3 is 2.40 bits per heavy atom. The first-order valence-corrected chi connectivity index (χ1v) is 7.63. The Bertz CT molecular complexity index is 433. The molecule has 1 atom stereocenters. The highest BCUT2D eigenvalue weighted by atomic mass is 15.3. The molecule has 3 heteroatoms. The lowest BCUT2D eigenvalue weighted by Crippen LogP contribution is -2.53. The highest BCUT2D eigenvalue weighted by molar-refractivity contribution is 5.37. The van der Waals surface area contributed by atoms with Crippen LogP contribution in [0.3, 0.4) is 0 Å². The molecule has 0 radical (unpaired) electrons. The lowest BCUT2D eigenvalue weighted by molar-refractivity contribution is 0.113. The van der Waals surface area contributed by atoms with Gasteiger partial charge >= 0.3 is 0 Å². The Labute approximate surface area is 124 Å². The molecule has 1 saturated heterocycles. The van der Waals surface area contributed by atoms with Crippen molar-refractivity contribution in [1.29, 1.82) is 0 Å². The minimum Gasteiger partial charge on any atom is -0.311 e. The van der Waals surface area contributed by atoms with Gasteiger partial charge in [0.05, 0.1) is 0 Å². The average molecular weight is 275 g/mol. The number of likely N-dealkylation sites (N-methyl/N-ethyl adjacent to an activating group) is 2. The van der Waals surface area contributed by atoms with Crippen molar-refractivity contribution < 1.29 is 0 Å². The quantitative estimate of drug-likeness (QED) is 0.906. The number of hydrogen-bond donors (Lipinski definition) is 1. The largest absolute Gasteiger partial charge is 0.311 e. The first-order valence-electron chi connectivity index (χ1n) is 7.63. The molecule has 1 aromatic carbocycles. The molecule has 1 aromatic rings. The van der Waals surface area contributed by atoms with E-state index in [1.165, 1.54) is 35.3 Å². The standard InChI is InChI=1S/C17H29N3/c1-13-8-14(2)17(15(3)9-13)11-18-10-16-12-19(4)6-7-20(16)5/h8-9,16,18H,6-7,10-12H2,1-5H3. The van der Waals surface area contributed by atoms with Crippen molar-refractivity contribution in [2.24, 2.45) is 0 Å². The molecule has 0 spiro atoms. The van der Waals surface area contributed by atoms with E-state index in [-0.39, 0.29) is 0 Å². The Balaban J connectivity index is 1.90. The predicted octanol–water partition coefficient (Wildman–Crippen LogP) is 1.95. The summed E-state index contributed by atoms with van der Waals surface area (Å²) in [7, 11) is 4.45. The van der Waals surface area contributed by atoms with Crippen LogP contribution in [0.15, 0.2) is 12.1 Å². The zero-order valence-electron chi connectivity index (χ0n) is 13.7. The van der Waals surface area contributed by atoms with Crippen LogP contribution in [0.2, 0.25) is 0 Å². The third kappa shape index (κ3) is 3.81. The maximum Gasteiger partial charge on any atom is 0.0345 e. The smallest absolute Gasteiger partial charge is 0.0345 e. The molecular weight excluding hydrogens is 246 g/mol. The van der Waals surface area contributed by atoms with E-state index in [0.29, 0.717) is 6.04 Å². The van der Waals surface area contributed by atoms with Gasteiger partial charge in [-0.15, -0.1) is 0 Å². The van der Waals surface area contributed by atoms with E-state index in [1.54, 1.807) is 0 Å². The van der Waals surface area contributed by atoms with Gasteiger partial charge in [0.15, 0.2) is 0 Å². The first-order chi connectivity index (χ1) is 9.47. The molecule has 1 unspecified atom stereocenters. The molecule has 1 fully saturated rings. The zero-order chi connectivity index (χ0) is 14.7. The van der Waals surface area contributed by atoms with E-state index < -0.39 is 0 Å². The molecule has 3 nitrogen and oxygen atoms in total. The molecule has 0 aromatic heterocycles. The highest BCUT2D eigenvalue weighted by Crippen LogP contribution is 2.16. The van der Waals surface area contributed by atoms with Gasteiger partial charge in [0.1, 0.15) is 0 Å². The third-order valence-electron chi connectivity index (χ3n) is 4.50. The molecule has 0 amide bonds. The summed E-state index contributed by atoms with van der Waals surface area (Å²) < 4.78 is 0. The zero-order valence-corrected chi connectivity index (χ0v) is 13.7. The molecule has 1 heterocycles. The number of nitrogens with one attached hydrogen (secondary N) is 1. The second-order valence-electron chi connectivity index (χ2n) is 6.40. The van der Waals surface area contributed by atoms with Crippen LogP contribution in [0.5, 0.6) is 0 Å². The van der Waals surface area contributed by atoms with Crippen molar-refractivity contribution in [3.05, 3.63) is 34.4 Å². The van der Waals surface area contributed by atoms with Crippen LogP contribution in [0.1, 0.15) is 22.3 Å². The first kappa shape index (κ1) is 15.5. The van der Waals surface area contributed by atoms with Crippen molar-refractivity contribution in [2.45, 2.75) is 33.4 Å². The lowest BCUT2D eigenvalue weighted by Gasteiger charge is -2.37. The van der Waals surface area contributed by atoms with Gasteiger partial charge < -0.3 is 10.2 Å². The van der Waals surface area contributed by atoms with Gasteiger partial charge in [-0.3, -0.25) is 4.90 Å². The number of benzene rings is 1. The molecule has 0 aliphatic carbocycles. The number of hydrogen-bond acceptors (Lipinski definition) is 3. The van der Waals surface area contributed by atoms with Crippen molar-refractivity contribution in [3.8, 4) is 0 Å². The van der Waals surface area contributed by atoms with E-state index in [1.807, 2.05) is 0 Å². The summed E-state index contributed by atoms with van der Waals surface area (Å²) >= 11 is 0. The number of aryl methyl sites for hydroxylation is 3. The molecule has 112 valence electrons. The average Bonchev–Trinajstić information content (AvgIpc) is 2.36. The summed E-state index contributed by atoms with van der Waals surface area (Å²) in [6.07, 6.45) is 0. The fraction of sp³-hybridized carbons (Fsp3) is 0.647. The van der Waals surface area contributed by atoms with E-state index in [0.717, 1.165) is 19.6 Å². The monoisotopic (exact) mass is 275 g/mol. The van der Waals surface area contributed by atoms with E-state index in [2.05, 4.69) is 62.1 Å². The van der Waals surface area contributed by atoms with Gasteiger partial charge in [-0.05, 0) is 51.6 Å². The Kier molecular flexibility index (Phi) is 5.19. The van der Waals surface area contributed by atoms with Crippen molar-refractivity contribution in [1.82, 2.24) is 15.1 Å². The van der Waals surface area contributed by atoms with Crippen LogP contribution in [0.25, 0.3) is 0 Å². The highest BCUT2D eigenvalue weighted by Gasteiger charge is 2.21. The molecule has 0 saturated carbocycles. The number of nitrogens with zero attached hydrogens (tertiary/aromatic N) is 2. The summed E-state index contributed by atoms with van der Waals surface area (Å²) in [6.45, 7) is 12.2. The van der Waals surface area contributed by atoms with Crippen LogP contribution < -0.4 is 5.32 Å². The van der Waals surface area contributed by atoms with Gasteiger partial charge in [0.25, 0.3) is 0 Å². The van der Waals surface area contributed by atoms with Gasteiger partial charge in [0.2, 0.25) is 0 Å². The molecule has 0 bridgehead atoms. The second kappa shape index (κ2) is 6.70. The molecule has 2 rings (SSSR count). The Hall–Kier alpha value is -0.900. The Morgan fingerprint density at radius 1 is 1.10 bits per heavy atom. The summed E-state index contributed by atoms with van der Waals surface area (Å²) in [5.74, 6) is 0. The van der Waals surface area contributed by atoms with Crippen molar-refractivity contribution >= 4 is 0 Å². The minimum atomic E-state index is 0.625. The topological polar surface area (TPSA) is 18.5 Å². The van der Waals surface area contributed by atoms with Gasteiger partial charge in [-0.25, -0.2) is 0 Å². The number of rotatable bonds is 4. The SMILES string of the molecule is Cc1cc(C)c(CNCC2CN(C)CCN2C)c(C)c1. The van der Waals surface area contributed by atoms with Crippen LogP contribution in [0, 0.1) is 20.8 Å². The number of piperazine rings is 1. The summed E-state index contributed by atoms with van der Waals surface area (Å²) in [5.41, 5.74) is 5.63. The van der Waals surface area contributed by atoms with Crippen molar-refractivity contribution in [3.63, 3.8) is 0 Å². The maximum absolute atomic E-state index is 3.66. The van der Waals surface area contributed by atoms with Gasteiger partial charge in [-0.1, -0.05) is 17.7 Å². The van der Waals surface area contributed by atoms with Crippen LogP contribution in [-0.2, 0) is 6.54 Å². The molecule has 1 aliphatic heterocycles. The predicted molar refractivity (Wildman–Crippen MR) is 86.3 cm³/mol. The van der Waals surface area contributed by atoms with E-state index in [9.17, 15) is 0 Å². The van der Waals surface area contributed by atoms with Crippen molar-refractivity contribution in [2.75, 3.05) is 40.3 Å². The summed E-state index contributed by atoms with van der Waals surface area (Å²) in [5, 5.41) is 3.66. The molecule has 1 aliphatic rings. The fourth-order valence-corrected chi connectivity index (χ4v) is 3.17. The maximum atomic E-state index is 3.66. The molecule has 20 heavy (non-hydrogen) atoms. The van der Waals surface area contributed by atoms with Crippen LogP contribution >= 0.6 is 0 Å². The lowest BCUT2D eigenvalue weighted by atomic mass is 10.00. The minimum absolute atomic E-state index is 0.625. The van der Waals surface area contributed by atoms with Crippen LogP contribution in [-0.4, -0.2) is 56.1 Å². The van der Waals surface area contributed by atoms with E-state index in [4.69, 9.17) is 0 Å². The van der Waals surface area contributed by atoms with Gasteiger partial charge in [0, 0.05) is 38.8 Å². The normalized spacial score (nSPS) is 21.4. The summed E-state index contributed by atoms with van der Waals surface area (Å²) in [4.78, 5) is 4.90. The van der Waals surface area contributed by atoms with Crippen LogP contribution in [0.4, 0.5) is 0 Å². The molecule has 1 N–H and O–H groups in total. The Morgan fingerprint density at radius 2 is 1.75 bits per heavy atom. The van der Waals surface area contributed by atoms with E-state index >= 15 is 0 Å². The second-order valence-corrected chi connectivity index (χ2v) is 6.40.